The maximum absolute atomic E-state index is 4.71. The van der Waals surface area contributed by atoms with Crippen molar-refractivity contribution >= 4 is 11.5 Å². The summed E-state index contributed by atoms with van der Waals surface area (Å²) in [5, 5.41) is 21.9. The van der Waals surface area contributed by atoms with Crippen molar-refractivity contribution in [3.05, 3.63) is 30.2 Å². The highest BCUT2D eigenvalue weighted by Gasteiger charge is 2.01. The molecule has 3 rings (SSSR count). The number of fused-ring (bicyclic) bond motifs is 1. The third-order valence-electron chi connectivity index (χ3n) is 2.01. The third kappa shape index (κ3) is 1.56. The molecule has 3 heterocycles. The summed E-state index contributed by atoms with van der Waals surface area (Å²) in [6.45, 7) is 0.539. The summed E-state index contributed by atoms with van der Waals surface area (Å²) in [5.41, 5.74) is 1.41. The minimum atomic E-state index is 0.539. The quantitative estimate of drug-likeness (QED) is 0.665. The average molecular weight is 217 g/mol. The van der Waals surface area contributed by atoms with Gasteiger partial charge in [0, 0.05) is 6.07 Å². The Hall–Kier alpha value is -2.51. The molecule has 0 fully saturated rings. The molecule has 1 N–H and O–H groups in total. The molecule has 0 spiro atoms. The lowest BCUT2D eigenvalue weighted by Gasteiger charge is -2.01. The van der Waals surface area contributed by atoms with Crippen LogP contribution in [0.25, 0.3) is 5.65 Å². The Morgan fingerprint density at radius 3 is 3.19 bits per heavy atom. The summed E-state index contributed by atoms with van der Waals surface area (Å²) in [4.78, 5) is 0. The van der Waals surface area contributed by atoms with Gasteiger partial charge in [0.2, 0.25) is 0 Å². The SMILES string of the molecule is c1cc(CNc2ccc3nnnn3n2)no1. The van der Waals surface area contributed by atoms with E-state index in [-0.39, 0.29) is 0 Å². The van der Waals surface area contributed by atoms with E-state index >= 15 is 0 Å². The van der Waals surface area contributed by atoms with Crippen LogP contribution in [0.2, 0.25) is 0 Å². The van der Waals surface area contributed by atoms with E-state index in [2.05, 4.69) is 31.1 Å². The van der Waals surface area contributed by atoms with Crippen molar-refractivity contribution in [1.29, 1.82) is 0 Å². The van der Waals surface area contributed by atoms with Gasteiger partial charge in [-0.2, -0.15) is 0 Å². The molecule has 0 atom stereocenters. The Labute approximate surface area is 89.2 Å². The highest BCUT2D eigenvalue weighted by molar-refractivity contribution is 5.42. The van der Waals surface area contributed by atoms with Gasteiger partial charge in [0.1, 0.15) is 17.8 Å². The summed E-state index contributed by atoms with van der Waals surface area (Å²) in [6.07, 6.45) is 1.52. The van der Waals surface area contributed by atoms with Crippen molar-refractivity contribution in [2.45, 2.75) is 6.54 Å². The molecule has 0 bridgehead atoms. The normalized spacial score (nSPS) is 10.8. The summed E-state index contributed by atoms with van der Waals surface area (Å²) in [5.74, 6) is 0.669. The molecule has 8 heteroatoms. The second-order valence-electron chi connectivity index (χ2n) is 3.09. The third-order valence-corrected chi connectivity index (χ3v) is 2.01. The van der Waals surface area contributed by atoms with Gasteiger partial charge in [0.05, 0.1) is 6.54 Å². The van der Waals surface area contributed by atoms with Crippen LogP contribution in [0, 0.1) is 0 Å². The summed E-state index contributed by atoms with van der Waals surface area (Å²) >= 11 is 0. The maximum atomic E-state index is 4.71. The van der Waals surface area contributed by atoms with Crippen LogP contribution < -0.4 is 5.32 Å². The van der Waals surface area contributed by atoms with Crippen LogP contribution in [-0.2, 0) is 6.54 Å². The maximum Gasteiger partial charge on any atom is 0.200 e. The first-order valence-corrected chi connectivity index (χ1v) is 4.60. The predicted molar refractivity (Wildman–Crippen MR) is 52.4 cm³/mol. The molecule has 80 valence electrons. The predicted octanol–water partition coefficient (Wildman–Crippen LogP) is 0.119. The molecular formula is C8H7N7O. The van der Waals surface area contributed by atoms with E-state index in [1.54, 1.807) is 18.2 Å². The monoisotopic (exact) mass is 217 g/mol. The first-order valence-electron chi connectivity index (χ1n) is 4.60. The highest BCUT2D eigenvalue weighted by atomic mass is 16.5. The Balaban J connectivity index is 1.78. The van der Waals surface area contributed by atoms with Crippen LogP contribution in [0.15, 0.2) is 29.0 Å². The molecule has 0 aromatic carbocycles. The van der Waals surface area contributed by atoms with Crippen molar-refractivity contribution in [1.82, 2.24) is 30.4 Å². The number of nitrogens with one attached hydrogen (secondary N) is 1. The van der Waals surface area contributed by atoms with Crippen molar-refractivity contribution in [2.75, 3.05) is 5.32 Å². The number of hydrogen-bond donors (Lipinski definition) is 1. The van der Waals surface area contributed by atoms with Gasteiger partial charge in [0.25, 0.3) is 0 Å². The van der Waals surface area contributed by atoms with Crippen LogP contribution in [-0.4, -0.2) is 30.4 Å². The summed E-state index contributed by atoms with van der Waals surface area (Å²) in [7, 11) is 0. The molecule has 16 heavy (non-hydrogen) atoms. The van der Waals surface area contributed by atoms with Crippen molar-refractivity contribution < 1.29 is 4.52 Å². The van der Waals surface area contributed by atoms with Gasteiger partial charge in [-0.1, -0.05) is 5.16 Å². The van der Waals surface area contributed by atoms with Crippen LogP contribution in [0.5, 0.6) is 0 Å². The van der Waals surface area contributed by atoms with Gasteiger partial charge in [0.15, 0.2) is 5.65 Å². The molecule has 3 aromatic heterocycles. The number of tetrazole rings is 1. The van der Waals surface area contributed by atoms with Gasteiger partial charge in [-0.3, -0.25) is 0 Å². The van der Waals surface area contributed by atoms with E-state index in [0.717, 1.165) is 5.69 Å². The fourth-order valence-corrected chi connectivity index (χ4v) is 1.25. The average Bonchev–Trinajstić information content (AvgIpc) is 2.97. The Morgan fingerprint density at radius 1 is 1.31 bits per heavy atom. The number of anilines is 1. The fraction of sp³-hybridized carbons (Fsp3) is 0.125. The minimum Gasteiger partial charge on any atom is -0.364 e. The summed E-state index contributed by atoms with van der Waals surface area (Å²) in [6, 6.07) is 5.35. The van der Waals surface area contributed by atoms with Crippen LogP contribution in [0.3, 0.4) is 0 Å². The second-order valence-corrected chi connectivity index (χ2v) is 3.09. The molecule has 0 aliphatic rings. The number of nitrogens with zero attached hydrogens (tertiary/aromatic N) is 6. The Kier molecular flexibility index (Phi) is 1.96. The minimum absolute atomic E-state index is 0.539. The number of aromatic nitrogens is 6. The van der Waals surface area contributed by atoms with Crippen molar-refractivity contribution in [3.63, 3.8) is 0 Å². The van der Waals surface area contributed by atoms with Gasteiger partial charge in [-0.05, 0) is 22.6 Å². The van der Waals surface area contributed by atoms with Gasteiger partial charge in [-0.25, -0.2) is 0 Å². The fourth-order valence-electron chi connectivity index (χ4n) is 1.25. The Morgan fingerprint density at radius 2 is 2.31 bits per heavy atom. The molecule has 0 unspecified atom stereocenters. The van der Waals surface area contributed by atoms with Gasteiger partial charge >= 0.3 is 0 Å². The van der Waals surface area contributed by atoms with E-state index in [1.165, 1.54) is 10.9 Å². The van der Waals surface area contributed by atoms with Gasteiger partial charge in [-0.15, -0.1) is 14.8 Å². The highest BCUT2D eigenvalue weighted by Crippen LogP contribution is 2.05. The van der Waals surface area contributed by atoms with Crippen molar-refractivity contribution in [2.24, 2.45) is 0 Å². The molecule has 3 aromatic rings. The molecule has 8 nitrogen and oxygen atoms in total. The van der Waals surface area contributed by atoms with Crippen molar-refractivity contribution in [3.8, 4) is 0 Å². The topological polar surface area (TPSA) is 94.0 Å². The van der Waals surface area contributed by atoms with E-state index in [4.69, 9.17) is 4.52 Å². The smallest absolute Gasteiger partial charge is 0.200 e. The van der Waals surface area contributed by atoms with Crippen LogP contribution in [0.4, 0.5) is 5.82 Å². The van der Waals surface area contributed by atoms with E-state index in [9.17, 15) is 0 Å². The van der Waals surface area contributed by atoms with Crippen LogP contribution in [0.1, 0.15) is 5.69 Å². The molecule has 0 aliphatic heterocycles. The molecule has 0 radical (unpaired) electrons. The molecule has 0 saturated heterocycles. The lowest BCUT2D eigenvalue weighted by molar-refractivity contribution is 0.412. The molecule has 0 amide bonds. The zero-order chi connectivity index (χ0) is 10.8. The van der Waals surface area contributed by atoms with E-state index < -0.39 is 0 Å². The molecule has 0 saturated carbocycles. The Bertz CT molecular complexity index is 587. The number of rotatable bonds is 3. The first kappa shape index (κ1) is 8.77. The second kappa shape index (κ2) is 3.57. The molecule has 0 aliphatic carbocycles. The summed E-state index contributed by atoms with van der Waals surface area (Å²) < 4.78 is 6.07. The van der Waals surface area contributed by atoms with Gasteiger partial charge < -0.3 is 9.84 Å². The molecular weight excluding hydrogens is 210 g/mol. The zero-order valence-corrected chi connectivity index (χ0v) is 8.11. The first-order chi connectivity index (χ1) is 7.92. The lowest BCUT2D eigenvalue weighted by atomic mass is 10.4. The van der Waals surface area contributed by atoms with E-state index in [0.29, 0.717) is 18.0 Å². The van der Waals surface area contributed by atoms with Crippen LogP contribution >= 0.6 is 0 Å². The standard InChI is InChI=1S/C8H7N7O/c1-2-8-10-13-14-15(8)11-7(1)9-5-6-3-4-16-12-6/h1-4H,5H2,(H,9,11). The number of hydrogen-bond acceptors (Lipinski definition) is 7. The largest absolute Gasteiger partial charge is 0.364 e. The van der Waals surface area contributed by atoms with E-state index in [1.807, 2.05) is 0 Å². The lowest BCUT2D eigenvalue weighted by Crippen LogP contribution is -2.04. The zero-order valence-electron chi connectivity index (χ0n) is 8.11.